The summed E-state index contributed by atoms with van der Waals surface area (Å²) in [6.07, 6.45) is 8.79. The second kappa shape index (κ2) is 10.1. The zero-order valence-electron chi connectivity index (χ0n) is 20.5. The lowest BCUT2D eigenvalue weighted by atomic mass is 10.00. The molecule has 1 unspecified atom stereocenters. The monoisotopic (exact) mass is 486 g/mol. The summed E-state index contributed by atoms with van der Waals surface area (Å²) >= 11 is 0. The average molecular weight is 487 g/mol. The van der Waals surface area contributed by atoms with Crippen LogP contribution in [-0.2, 0) is 0 Å². The molecule has 1 atom stereocenters. The summed E-state index contributed by atoms with van der Waals surface area (Å²) in [6.45, 7) is 4.34. The van der Waals surface area contributed by atoms with E-state index in [4.69, 9.17) is 4.98 Å². The first-order valence-electron chi connectivity index (χ1n) is 13.2. The predicted molar refractivity (Wildman–Crippen MR) is 141 cm³/mol. The van der Waals surface area contributed by atoms with E-state index in [1.807, 2.05) is 6.20 Å². The van der Waals surface area contributed by atoms with Crippen molar-refractivity contribution in [3.05, 3.63) is 83.6 Å². The van der Waals surface area contributed by atoms with Crippen molar-refractivity contribution in [2.75, 3.05) is 31.1 Å². The Morgan fingerprint density at radius 1 is 0.750 bits per heavy atom. The van der Waals surface area contributed by atoms with E-state index in [0.29, 0.717) is 12.1 Å². The van der Waals surface area contributed by atoms with Crippen molar-refractivity contribution in [2.45, 2.75) is 50.6 Å². The van der Waals surface area contributed by atoms with E-state index >= 15 is 0 Å². The summed E-state index contributed by atoms with van der Waals surface area (Å²) < 4.78 is 28.3. The molecule has 1 saturated carbocycles. The number of aromatic nitrogens is 1. The standard InChI is InChI=1S/C30H32F2N4/c31-25-6-3-7-26(32)30(25)28-14-13-27(34-28)22-10-8-21(9-11-22)23-12-15-29(33-20-23)36-18-16-35(17-19-36)24-4-1-2-5-24/h3,6-12,15,20,24,27H,1-2,4-5,13-14,16-19H2. The number of halogens is 2. The predicted octanol–water partition coefficient (Wildman–Crippen LogP) is 6.42. The molecule has 6 heteroatoms. The largest absolute Gasteiger partial charge is 0.354 e. The first kappa shape index (κ1) is 23.3. The molecule has 4 nitrogen and oxygen atoms in total. The molecule has 3 heterocycles. The molecule has 3 aromatic rings. The average Bonchev–Trinajstić information content (AvgIpc) is 3.62. The van der Waals surface area contributed by atoms with Gasteiger partial charge in [-0.25, -0.2) is 13.8 Å². The van der Waals surface area contributed by atoms with Crippen molar-refractivity contribution < 1.29 is 8.78 Å². The zero-order valence-corrected chi connectivity index (χ0v) is 20.5. The van der Waals surface area contributed by atoms with Crippen LogP contribution in [0.15, 0.2) is 65.8 Å². The van der Waals surface area contributed by atoms with E-state index in [-0.39, 0.29) is 11.6 Å². The van der Waals surface area contributed by atoms with Crippen LogP contribution < -0.4 is 4.90 Å². The minimum absolute atomic E-state index is 0.0164. The van der Waals surface area contributed by atoms with Crippen LogP contribution in [0.25, 0.3) is 11.1 Å². The van der Waals surface area contributed by atoms with Gasteiger partial charge in [-0.15, -0.1) is 0 Å². The van der Waals surface area contributed by atoms with Crippen molar-refractivity contribution in [3.8, 4) is 11.1 Å². The van der Waals surface area contributed by atoms with E-state index in [1.165, 1.54) is 43.9 Å². The van der Waals surface area contributed by atoms with E-state index in [0.717, 1.165) is 61.1 Å². The molecule has 0 spiro atoms. The van der Waals surface area contributed by atoms with Crippen molar-refractivity contribution in [2.24, 2.45) is 4.99 Å². The number of hydrogen-bond acceptors (Lipinski definition) is 4. The lowest BCUT2D eigenvalue weighted by Gasteiger charge is -2.38. The van der Waals surface area contributed by atoms with Crippen molar-refractivity contribution >= 4 is 11.5 Å². The molecule has 1 saturated heterocycles. The summed E-state index contributed by atoms with van der Waals surface area (Å²) in [6, 6.07) is 17.3. The molecule has 1 aliphatic carbocycles. The number of nitrogens with zero attached hydrogens (tertiary/aromatic N) is 4. The molecule has 0 N–H and O–H groups in total. The van der Waals surface area contributed by atoms with Crippen LogP contribution in [0.5, 0.6) is 0 Å². The minimum atomic E-state index is -0.545. The summed E-state index contributed by atoms with van der Waals surface area (Å²) in [5, 5.41) is 0. The molecule has 3 aliphatic rings. The maximum atomic E-state index is 14.2. The van der Waals surface area contributed by atoms with E-state index in [2.05, 4.69) is 51.2 Å². The zero-order chi connectivity index (χ0) is 24.5. The summed E-state index contributed by atoms with van der Waals surface area (Å²) in [7, 11) is 0. The highest BCUT2D eigenvalue weighted by atomic mass is 19.1. The molecule has 36 heavy (non-hydrogen) atoms. The minimum Gasteiger partial charge on any atom is -0.354 e. The molecule has 186 valence electrons. The van der Waals surface area contributed by atoms with Crippen LogP contribution in [0.1, 0.15) is 55.7 Å². The Hall–Kier alpha value is -3.12. The molecular formula is C30H32F2N4. The lowest BCUT2D eigenvalue weighted by molar-refractivity contribution is 0.187. The Morgan fingerprint density at radius 3 is 2.11 bits per heavy atom. The number of anilines is 1. The Labute approximate surface area is 211 Å². The molecule has 2 aliphatic heterocycles. The first-order valence-corrected chi connectivity index (χ1v) is 13.2. The number of piperazine rings is 1. The van der Waals surface area contributed by atoms with Gasteiger partial charge in [0.25, 0.3) is 0 Å². The van der Waals surface area contributed by atoms with Gasteiger partial charge in [-0.05, 0) is 61.1 Å². The van der Waals surface area contributed by atoms with E-state index < -0.39 is 11.6 Å². The van der Waals surface area contributed by atoms with E-state index in [1.54, 1.807) is 0 Å². The third-order valence-electron chi connectivity index (χ3n) is 8.07. The van der Waals surface area contributed by atoms with Gasteiger partial charge in [0.15, 0.2) is 0 Å². The van der Waals surface area contributed by atoms with Crippen molar-refractivity contribution in [1.29, 1.82) is 0 Å². The summed E-state index contributed by atoms with van der Waals surface area (Å²) in [5.74, 6) is -0.0394. The fourth-order valence-electron chi connectivity index (χ4n) is 6.02. The van der Waals surface area contributed by atoms with Gasteiger partial charge in [0.05, 0.1) is 11.6 Å². The number of hydrogen-bond donors (Lipinski definition) is 0. The molecule has 2 aromatic carbocycles. The normalized spacial score (nSPS) is 21.2. The summed E-state index contributed by atoms with van der Waals surface area (Å²) in [4.78, 5) is 14.5. The number of pyridine rings is 1. The molecule has 2 fully saturated rings. The van der Waals surface area contributed by atoms with Crippen LogP contribution in [0.2, 0.25) is 0 Å². The van der Waals surface area contributed by atoms with Crippen LogP contribution in [-0.4, -0.2) is 47.8 Å². The van der Waals surface area contributed by atoms with Gasteiger partial charge in [-0.1, -0.05) is 43.2 Å². The molecule has 0 radical (unpaired) electrons. The van der Waals surface area contributed by atoms with Crippen LogP contribution in [0.4, 0.5) is 14.6 Å². The molecule has 0 amide bonds. The highest BCUT2D eigenvalue weighted by molar-refractivity contribution is 6.02. The van der Waals surface area contributed by atoms with Gasteiger partial charge in [0, 0.05) is 49.7 Å². The number of benzene rings is 2. The van der Waals surface area contributed by atoms with Gasteiger partial charge in [-0.2, -0.15) is 0 Å². The smallest absolute Gasteiger partial charge is 0.135 e. The highest BCUT2D eigenvalue weighted by Crippen LogP contribution is 2.33. The Morgan fingerprint density at radius 2 is 1.44 bits per heavy atom. The fourth-order valence-corrected chi connectivity index (χ4v) is 6.02. The van der Waals surface area contributed by atoms with Crippen LogP contribution >= 0.6 is 0 Å². The Kier molecular flexibility index (Phi) is 6.53. The van der Waals surface area contributed by atoms with Gasteiger partial charge in [0.1, 0.15) is 17.5 Å². The lowest BCUT2D eigenvalue weighted by Crippen LogP contribution is -2.49. The van der Waals surface area contributed by atoms with Crippen molar-refractivity contribution in [3.63, 3.8) is 0 Å². The van der Waals surface area contributed by atoms with Gasteiger partial charge >= 0.3 is 0 Å². The summed E-state index contributed by atoms with van der Waals surface area (Å²) in [5.41, 5.74) is 3.78. The second-order valence-electron chi connectivity index (χ2n) is 10.2. The fraction of sp³-hybridized carbons (Fsp3) is 0.400. The van der Waals surface area contributed by atoms with Gasteiger partial charge < -0.3 is 4.90 Å². The third-order valence-corrected chi connectivity index (χ3v) is 8.07. The topological polar surface area (TPSA) is 31.7 Å². The van der Waals surface area contributed by atoms with Gasteiger partial charge in [0.2, 0.25) is 0 Å². The van der Waals surface area contributed by atoms with Crippen molar-refractivity contribution in [1.82, 2.24) is 9.88 Å². The molecule has 0 bridgehead atoms. The molecule has 6 rings (SSSR count). The molecule has 1 aromatic heterocycles. The SMILES string of the molecule is Fc1cccc(F)c1C1=NC(c2ccc(-c3ccc(N4CCN(C5CCCC5)CC4)nc3)cc2)CC1. The van der Waals surface area contributed by atoms with Gasteiger partial charge in [-0.3, -0.25) is 9.89 Å². The number of aliphatic imine (C=N–C) groups is 1. The third kappa shape index (κ3) is 4.66. The van der Waals surface area contributed by atoms with Crippen LogP contribution in [0, 0.1) is 11.6 Å². The maximum absolute atomic E-state index is 14.2. The van der Waals surface area contributed by atoms with E-state index in [9.17, 15) is 8.78 Å². The Bertz CT molecular complexity index is 1200. The maximum Gasteiger partial charge on any atom is 0.135 e. The highest BCUT2D eigenvalue weighted by Gasteiger charge is 2.27. The molecular weight excluding hydrogens is 454 g/mol. The second-order valence-corrected chi connectivity index (χ2v) is 10.2. The Balaban J connectivity index is 1.10. The number of rotatable bonds is 5. The quantitative estimate of drug-likeness (QED) is 0.417. The van der Waals surface area contributed by atoms with Crippen LogP contribution in [0.3, 0.4) is 0 Å². The first-order chi connectivity index (χ1) is 17.7.